The Morgan fingerprint density at radius 2 is 1.87 bits per heavy atom. The first-order valence-corrected chi connectivity index (χ1v) is 12.0. The summed E-state index contributed by atoms with van der Waals surface area (Å²) >= 11 is 7.54. The van der Waals surface area contributed by atoms with Gasteiger partial charge >= 0.3 is 12.0 Å². The third-order valence-electron chi connectivity index (χ3n) is 4.86. The molecule has 0 spiro atoms. The Morgan fingerprint density at radius 3 is 2.55 bits per heavy atom. The van der Waals surface area contributed by atoms with E-state index in [1.54, 1.807) is 24.3 Å². The number of rotatable bonds is 9. The van der Waals surface area contributed by atoms with Gasteiger partial charge in [0.25, 0.3) is 11.8 Å². The number of hydrogen-bond acceptors (Lipinski definition) is 6. The molecule has 0 heterocycles. The van der Waals surface area contributed by atoms with Gasteiger partial charge in [0.1, 0.15) is 6.04 Å². The monoisotopic (exact) mass is 469 g/mol. The van der Waals surface area contributed by atoms with Gasteiger partial charge in [0.05, 0.1) is 10.6 Å². The summed E-state index contributed by atoms with van der Waals surface area (Å²) in [6.07, 6.45) is 7.22. The molecule has 1 aromatic carbocycles. The molecule has 31 heavy (non-hydrogen) atoms. The summed E-state index contributed by atoms with van der Waals surface area (Å²) in [7, 11) is 0. The quantitative estimate of drug-likeness (QED) is 0.479. The van der Waals surface area contributed by atoms with Crippen LogP contribution in [0.15, 0.2) is 24.3 Å². The number of hydrogen-bond donors (Lipinski definition) is 3. The molecule has 1 aromatic rings. The van der Waals surface area contributed by atoms with E-state index in [9.17, 15) is 19.2 Å². The SMILES string of the molecule is CSCCC(NC(=O)c1ccccc1Cl)C(=O)OCC(=O)NC(=O)NC1CCCCC1. The maximum Gasteiger partial charge on any atom is 0.329 e. The zero-order valence-corrected chi connectivity index (χ0v) is 19.0. The number of thioether (sulfide) groups is 1. The Labute approximate surface area is 191 Å². The highest BCUT2D eigenvalue weighted by Crippen LogP contribution is 2.17. The average molecular weight is 470 g/mol. The second kappa shape index (κ2) is 13.2. The standard InChI is InChI=1S/C21H28ClN3O5S/c1-31-12-11-17(24-19(27)15-9-5-6-10-16(15)22)20(28)30-13-18(26)25-21(29)23-14-7-3-2-4-8-14/h5-6,9-10,14,17H,2-4,7-8,11-13H2,1H3,(H,24,27)(H2,23,25,26,29). The fourth-order valence-electron chi connectivity index (χ4n) is 3.23. The van der Waals surface area contributed by atoms with E-state index in [0.29, 0.717) is 12.2 Å². The Balaban J connectivity index is 1.83. The van der Waals surface area contributed by atoms with Crippen molar-refractivity contribution in [2.45, 2.75) is 50.6 Å². The minimum absolute atomic E-state index is 0.0556. The van der Waals surface area contributed by atoms with Crippen LogP contribution in [-0.2, 0) is 14.3 Å². The maximum absolute atomic E-state index is 12.5. The van der Waals surface area contributed by atoms with Crippen LogP contribution in [0.4, 0.5) is 4.79 Å². The molecule has 170 valence electrons. The summed E-state index contributed by atoms with van der Waals surface area (Å²) in [6.45, 7) is -0.616. The lowest BCUT2D eigenvalue weighted by molar-refractivity contribution is -0.150. The molecule has 1 aliphatic carbocycles. The van der Waals surface area contributed by atoms with Crippen molar-refractivity contribution in [3.05, 3.63) is 34.9 Å². The number of imide groups is 1. The van der Waals surface area contributed by atoms with E-state index >= 15 is 0 Å². The zero-order chi connectivity index (χ0) is 22.6. The Morgan fingerprint density at radius 1 is 1.16 bits per heavy atom. The predicted molar refractivity (Wildman–Crippen MR) is 120 cm³/mol. The third-order valence-corrected chi connectivity index (χ3v) is 5.83. The summed E-state index contributed by atoms with van der Waals surface area (Å²) < 4.78 is 5.03. The Hall–Kier alpha value is -2.26. The van der Waals surface area contributed by atoms with Gasteiger partial charge in [-0.3, -0.25) is 14.9 Å². The van der Waals surface area contributed by atoms with Crippen LogP contribution in [0.25, 0.3) is 0 Å². The Bertz CT molecular complexity index is 786. The molecule has 1 unspecified atom stereocenters. The summed E-state index contributed by atoms with van der Waals surface area (Å²) in [5.74, 6) is -1.40. The summed E-state index contributed by atoms with van der Waals surface area (Å²) in [5.41, 5.74) is 0.239. The zero-order valence-electron chi connectivity index (χ0n) is 17.4. The molecular weight excluding hydrogens is 442 g/mol. The molecule has 0 radical (unpaired) electrons. The largest absolute Gasteiger partial charge is 0.454 e. The van der Waals surface area contributed by atoms with Crippen molar-refractivity contribution in [1.82, 2.24) is 16.0 Å². The highest BCUT2D eigenvalue weighted by atomic mass is 35.5. The van der Waals surface area contributed by atoms with Crippen LogP contribution < -0.4 is 16.0 Å². The molecule has 0 saturated heterocycles. The molecule has 3 N–H and O–H groups in total. The number of benzene rings is 1. The predicted octanol–water partition coefficient (Wildman–Crippen LogP) is 2.89. The Kier molecular flexibility index (Phi) is 10.7. The van der Waals surface area contributed by atoms with Gasteiger partial charge in [-0.1, -0.05) is 43.0 Å². The molecule has 0 aliphatic heterocycles. The van der Waals surface area contributed by atoms with Crippen molar-refractivity contribution in [1.29, 1.82) is 0 Å². The first kappa shape index (κ1) is 25.0. The second-order valence-electron chi connectivity index (χ2n) is 7.25. The van der Waals surface area contributed by atoms with Gasteiger partial charge in [-0.25, -0.2) is 9.59 Å². The first-order chi connectivity index (χ1) is 14.9. The minimum Gasteiger partial charge on any atom is -0.454 e. The molecule has 2 rings (SSSR count). The molecule has 10 heteroatoms. The van der Waals surface area contributed by atoms with Gasteiger partial charge < -0.3 is 15.4 Å². The number of urea groups is 1. The van der Waals surface area contributed by atoms with E-state index < -0.39 is 36.5 Å². The number of nitrogens with one attached hydrogen (secondary N) is 3. The average Bonchev–Trinajstić information content (AvgIpc) is 2.75. The molecule has 0 aromatic heterocycles. The number of carbonyl (C=O) groups excluding carboxylic acids is 4. The van der Waals surface area contributed by atoms with Crippen LogP contribution in [0.1, 0.15) is 48.9 Å². The van der Waals surface area contributed by atoms with E-state index in [1.807, 2.05) is 6.26 Å². The van der Waals surface area contributed by atoms with Crippen LogP contribution >= 0.6 is 23.4 Å². The van der Waals surface area contributed by atoms with Crippen molar-refractivity contribution in [3.63, 3.8) is 0 Å². The number of ether oxygens (including phenoxy) is 1. The van der Waals surface area contributed by atoms with Gasteiger partial charge in [-0.15, -0.1) is 0 Å². The fourth-order valence-corrected chi connectivity index (χ4v) is 3.93. The van der Waals surface area contributed by atoms with Crippen LogP contribution in [-0.4, -0.2) is 54.5 Å². The summed E-state index contributed by atoms with van der Waals surface area (Å²) in [5, 5.41) is 7.79. The van der Waals surface area contributed by atoms with Crippen molar-refractivity contribution in [2.75, 3.05) is 18.6 Å². The number of halogens is 1. The molecule has 1 aliphatic rings. The van der Waals surface area contributed by atoms with E-state index in [0.717, 1.165) is 32.1 Å². The molecule has 1 atom stereocenters. The number of carbonyl (C=O) groups is 4. The van der Waals surface area contributed by atoms with E-state index in [4.69, 9.17) is 16.3 Å². The topological polar surface area (TPSA) is 114 Å². The molecule has 1 saturated carbocycles. The van der Waals surface area contributed by atoms with Gasteiger partial charge in [0, 0.05) is 6.04 Å². The number of esters is 1. The molecule has 1 fully saturated rings. The lowest BCUT2D eigenvalue weighted by Crippen LogP contribution is -2.47. The highest BCUT2D eigenvalue weighted by Gasteiger charge is 2.25. The van der Waals surface area contributed by atoms with Gasteiger partial charge in [-0.2, -0.15) is 11.8 Å². The normalized spacial score (nSPS) is 14.9. The second-order valence-corrected chi connectivity index (χ2v) is 8.64. The van der Waals surface area contributed by atoms with Gasteiger partial charge in [0.15, 0.2) is 6.61 Å². The van der Waals surface area contributed by atoms with Crippen LogP contribution in [0.2, 0.25) is 5.02 Å². The smallest absolute Gasteiger partial charge is 0.329 e. The van der Waals surface area contributed by atoms with Crippen molar-refractivity contribution >= 4 is 47.2 Å². The van der Waals surface area contributed by atoms with E-state index in [-0.39, 0.29) is 16.6 Å². The third kappa shape index (κ3) is 8.78. The van der Waals surface area contributed by atoms with Crippen molar-refractivity contribution in [3.8, 4) is 0 Å². The van der Waals surface area contributed by atoms with E-state index in [1.165, 1.54) is 11.8 Å². The van der Waals surface area contributed by atoms with Crippen molar-refractivity contribution in [2.24, 2.45) is 0 Å². The van der Waals surface area contributed by atoms with Gasteiger partial charge in [-0.05, 0) is 43.4 Å². The van der Waals surface area contributed by atoms with Crippen molar-refractivity contribution < 1.29 is 23.9 Å². The maximum atomic E-state index is 12.5. The van der Waals surface area contributed by atoms with Crippen LogP contribution in [0.5, 0.6) is 0 Å². The number of amides is 4. The van der Waals surface area contributed by atoms with Crippen LogP contribution in [0, 0.1) is 0 Å². The molecule has 8 nitrogen and oxygen atoms in total. The highest BCUT2D eigenvalue weighted by molar-refractivity contribution is 7.98. The fraction of sp³-hybridized carbons (Fsp3) is 0.524. The minimum atomic E-state index is -0.944. The molecular formula is C21H28ClN3O5S. The molecule has 0 bridgehead atoms. The first-order valence-electron chi connectivity index (χ1n) is 10.2. The van der Waals surface area contributed by atoms with Gasteiger partial charge in [0.2, 0.25) is 0 Å². The lowest BCUT2D eigenvalue weighted by Gasteiger charge is -2.22. The van der Waals surface area contributed by atoms with Crippen LogP contribution in [0.3, 0.4) is 0 Å². The molecule has 4 amide bonds. The summed E-state index contributed by atoms with van der Waals surface area (Å²) in [6, 6.07) is 5.00. The lowest BCUT2D eigenvalue weighted by atomic mass is 9.96. The summed E-state index contributed by atoms with van der Waals surface area (Å²) in [4.78, 5) is 48.8. The van der Waals surface area contributed by atoms with E-state index in [2.05, 4.69) is 16.0 Å².